The second-order valence-corrected chi connectivity index (χ2v) is 4.73. The molecule has 0 unspecified atom stereocenters. The second kappa shape index (κ2) is 5.83. The molecule has 2 heterocycles. The minimum atomic E-state index is -0.498. The monoisotopic (exact) mass is 278 g/mol. The number of aromatic nitrogens is 4. The summed E-state index contributed by atoms with van der Waals surface area (Å²) < 4.78 is 1.66. The first-order chi connectivity index (χ1) is 9.51. The third kappa shape index (κ3) is 3.02. The van der Waals surface area contributed by atoms with Gasteiger partial charge in [0.05, 0.1) is 25.3 Å². The van der Waals surface area contributed by atoms with E-state index in [9.17, 15) is 9.90 Å². The van der Waals surface area contributed by atoms with Crippen LogP contribution < -0.4 is 5.56 Å². The van der Waals surface area contributed by atoms with Crippen molar-refractivity contribution in [3.05, 3.63) is 16.7 Å². The van der Waals surface area contributed by atoms with Crippen LogP contribution in [0.1, 0.15) is 13.3 Å². The Morgan fingerprint density at radius 1 is 1.60 bits per heavy atom. The fraction of sp³-hybridized carbons (Fsp3) is 0.500. The Morgan fingerprint density at radius 2 is 2.35 bits per heavy atom. The summed E-state index contributed by atoms with van der Waals surface area (Å²) in [6.07, 6.45) is 3.17. The van der Waals surface area contributed by atoms with Crippen LogP contribution in [0.3, 0.4) is 0 Å². The average Bonchev–Trinajstić information content (AvgIpc) is 2.80. The normalized spacial score (nSPS) is 13.2. The Kier molecular flexibility index (Phi) is 4.14. The minimum absolute atomic E-state index is 0.212. The molecule has 0 bridgehead atoms. The Labute approximate surface area is 115 Å². The van der Waals surface area contributed by atoms with Crippen molar-refractivity contribution < 1.29 is 5.11 Å². The lowest BCUT2D eigenvalue weighted by atomic mass is 10.3. The molecule has 2 aromatic heterocycles. The van der Waals surface area contributed by atoms with Crippen LogP contribution in [-0.2, 0) is 6.54 Å². The third-order valence-corrected chi connectivity index (χ3v) is 2.75. The molecule has 2 N–H and O–H groups in total. The lowest BCUT2D eigenvalue weighted by Crippen LogP contribution is -2.15. The first kappa shape index (κ1) is 14.2. The van der Waals surface area contributed by atoms with Crippen molar-refractivity contribution in [1.29, 1.82) is 0 Å². The van der Waals surface area contributed by atoms with Crippen molar-refractivity contribution in [2.75, 3.05) is 14.1 Å². The molecule has 8 nitrogen and oxygen atoms in total. The zero-order chi connectivity index (χ0) is 14.7. The van der Waals surface area contributed by atoms with E-state index in [1.54, 1.807) is 15.8 Å². The number of rotatable bonds is 5. The van der Waals surface area contributed by atoms with Gasteiger partial charge in [0.25, 0.3) is 5.56 Å². The number of aromatic amines is 1. The predicted molar refractivity (Wildman–Crippen MR) is 76.3 cm³/mol. The Bertz CT molecular complexity index is 672. The SMILES string of the molecule is CC[C@@H](O)Cn1cnc2c(=O)[nH]c(N=CN(C)C)nc21. The lowest BCUT2D eigenvalue weighted by molar-refractivity contribution is 0.151. The first-order valence-electron chi connectivity index (χ1n) is 6.35. The summed E-state index contributed by atoms with van der Waals surface area (Å²) in [4.78, 5) is 28.5. The van der Waals surface area contributed by atoms with Crippen molar-refractivity contribution in [2.24, 2.45) is 4.99 Å². The van der Waals surface area contributed by atoms with Gasteiger partial charge in [0, 0.05) is 14.1 Å². The Balaban J connectivity index is 2.45. The highest BCUT2D eigenvalue weighted by atomic mass is 16.3. The Hall–Kier alpha value is -2.22. The largest absolute Gasteiger partial charge is 0.391 e. The highest BCUT2D eigenvalue weighted by molar-refractivity contribution is 5.71. The number of nitrogens with zero attached hydrogens (tertiary/aromatic N) is 5. The molecule has 2 rings (SSSR count). The molecule has 0 radical (unpaired) electrons. The van der Waals surface area contributed by atoms with Crippen molar-refractivity contribution in [2.45, 2.75) is 26.0 Å². The van der Waals surface area contributed by atoms with E-state index >= 15 is 0 Å². The summed E-state index contributed by atoms with van der Waals surface area (Å²) in [5, 5.41) is 9.71. The molecular weight excluding hydrogens is 260 g/mol. The predicted octanol–water partition coefficient (Wildman–Crippen LogP) is 0.112. The second-order valence-electron chi connectivity index (χ2n) is 4.73. The van der Waals surface area contributed by atoms with Gasteiger partial charge in [-0.1, -0.05) is 6.92 Å². The highest BCUT2D eigenvalue weighted by Crippen LogP contribution is 2.10. The van der Waals surface area contributed by atoms with Crippen molar-refractivity contribution in [3.8, 4) is 0 Å². The minimum Gasteiger partial charge on any atom is -0.391 e. The summed E-state index contributed by atoms with van der Waals surface area (Å²) in [6.45, 7) is 2.23. The number of aliphatic hydroxyl groups excluding tert-OH is 1. The molecule has 0 amide bonds. The van der Waals surface area contributed by atoms with Gasteiger partial charge in [-0.3, -0.25) is 9.78 Å². The van der Waals surface area contributed by atoms with Crippen molar-refractivity contribution in [1.82, 2.24) is 24.4 Å². The number of H-pyrrole nitrogens is 1. The van der Waals surface area contributed by atoms with Gasteiger partial charge >= 0.3 is 0 Å². The Morgan fingerprint density at radius 3 is 3.00 bits per heavy atom. The van der Waals surface area contributed by atoms with Crippen LogP contribution >= 0.6 is 0 Å². The highest BCUT2D eigenvalue weighted by Gasteiger charge is 2.12. The van der Waals surface area contributed by atoms with E-state index in [0.717, 1.165) is 0 Å². The summed E-state index contributed by atoms with van der Waals surface area (Å²) in [6, 6.07) is 0. The van der Waals surface area contributed by atoms with E-state index < -0.39 is 6.10 Å². The number of aliphatic imine (C=N–C) groups is 1. The van der Waals surface area contributed by atoms with Gasteiger partial charge in [-0.2, -0.15) is 4.98 Å². The van der Waals surface area contributed by atoms with Crippen molar-refractivity contribution >= 4 is 23.5 Å². The fourth-order valence-corrected chi connectivity index (χ4v) is 1.66. The molecule has 0 aromatic carbocycles. The van der Waals surface area contributed by atoms with Crippen LogP contribution in [0.5, 0.6) is 0 Å². The van der Waals surface area contributed by atoms with Crippen LogP contribution in [-0.4, -0.2) is 56.1 Å². The summed E-state index contributed by atoms with van der Waals surface area (Å²) in [7, 11) is 3.64. The van der Waals surface area contributed by atoms with Gasteiger partial charge < -0.3 is 14.6 Å². The van der Waals surface area contributed by atoms with E-state index in [2.05, 4.69) is 19.9 Å². The van der Waals surface area contributed by atoms with Gasteiger partial charge in [-0.25, -0.2) is 9.98 Å². The van der Waals surface area contributed by atoms with Gasteiger partial charge in [0.15, 0.2) is 11.2 Å². The zero-order valence-corrected chi connectivity index (χ0v) is 11.7. The van der Waals surface area contributed by atoms with Crippen molar-refractivity contribution in [3.63, 3.8) is 0 Å². The molecule has 8 heteroatoms. The number of imidazole rings is 1. The van der Waals surface area contributed by atoms with E-state index in [-0.39, 0.29) is 17.0 Å². The van der Waals surface area contributed by atoms with E-state index in [0.29, 0.717) is 18.6 Å². The summed E-state index contributed by atoms with van der Waals surface area (Å²) in [5.41, 5.74) is 0.329. The van der Waals surface area contributed by atoms with Gasteiger partial charge in [-0.05, 0) is 6.42 Å². The number of fused-ring (bicyclic) bond motifs is 1. The number of hydrogen-bond donors (Lipinski definition) is 2. The molecule has 0 fully saturated rings. The van der Waals surface area contributed by atoms with E-state index in [4.69, 9.17) is 0 Å². The quantitative estimate of drug-likeness (QED) is 0.597. The molecule has 108 valence electrons. The lowest BCUT2D eigenvalue weighted by Gasteiger charge is -2.08. The van der Waals surface area contributed by atoms with Crippen LogP contribution in [0.2, 0.25) is 0 Å². The molecule has 0 saturated heterocycles. The standard InChI is InChI=1S/C12H18N6O2/c1-4-8(19)5-18-7-13-9-10(18)15-12(16-11(9)20)14-6-17(2)3/h6-8,19H,4-5H2,1-3H3,(H,15,16,20)/t8-/m1/s1. The van der Waals surface area contributed by atoms with Crippen LogP contribution in [0.4, 0.5) is 5.95 Å². The average molecular weight is 278 g/mol. The molecular formula is C12H18N6O2. The molecule has 2 aromatic rings. The molecule has 0 aliphatic rings. The number of nitrogens with one attached hydrogen (secondary N) is 1. The molecule has 0 aliphatic heterocycles. The van der Waals surface area contributed by atoms with E-state index in [1.165, 1.54) is 6.33 Å². The van der Waals surface area contributed by atoms with Gasteiger partial charge in [0.1, 0.15) is 0 Å². The first-order valence-corrected chi connectivity index (χ1v) is 6.35. The number of aliphatic hydroxyl groups is 1. The smallest absolute Gasteiger partial charge is 0.280 e. The number of hydrogen-bond acceptors (Lipinski definition) is 5. The zero-order valence-electron chi connectivity index (χ0n) is 11.7. The topological polar surface area (TPSA) is 99.4 Å². The summed E-state index contributed by atoms with van der Waals surface area (Å²) >= 11 is 0. The maximum Gasteiger partial charge on any atom is 0.280 e. The van der Waals surface area contributed by atoms with Gasteiger partial charge in [0.2, 0.25) is 5.95 Å². The fourth-order valence-electron chi connectivity index (χ4n) is 1.66. The molecule has 0 saturated carbocycles. The molecule has 1 atom stereocenters. The molecule has 0 aliphatic carbocycles. The van der Waals surface area contributed by atoms with Crippen LogP contribution in [0, 0.1) is 0 Å². The van der Waals surface area contributed by atoms with Gasteiger partial charge in [-0.15, -0.1) is 0 Å². The molecule has 20 heavy (non-hydrogen) atoms. The third-order valence-electron chi connectivity index (χ3n) is 2.75. The maximum absolute atomic E-state index is 11.9. The van der Waals surface area contributed by atoms with Crippen LogP contribution in [0.25, 0.3) is 11.2 Å². The maximum atomic E-state index is 11.9. The molecule has 0 spiro atoms. The van der Waals surface area contributed by atoms with E-state index in [1.807, 2.05) is 21.0 Å². The summed E-state index contributed by atoms with van der Waals surface area (Å²) in [5.74, 6) is 0.212. The van der Waals surface area contributed by atoms with Crippen LogP contribution in [0.15, 0.2) is 16.1 Å².